The lowest BCUT2D eigenvalue weighted by atomic mass is 9.94. The van der Waals surface area contributed by atoms with E-state index < -0.39 is 12.1 Å². The molecular formula is C20H35NO4. The number of aliphatic hydroxyl groups is 2. The summed E-state index contributed by atoms with van der Waals surface area (Å²) in [5.74, 6) is -0.674. The second-order valence-electron chi connectivity index (χ2n) is 7.11. The van der Waals surface area contributed by atoms with E-state index in [1.165, 1.54) is 0 Å². The standard InChI is InChI=1S/C20H35NO4/c1-3-4-7-10-16(22)15-21(2)18-13-14-19(23)17(18)11-8-5-6-9-12-20(24)25/h5,8,13-14,16-19,22-23H,3-4,6-7,9-12,15H2,1-2H3,(H,24,25)/b8-5-/t16?,17-,18+,19+/m1/s1. The molecule has 144 valence electrons. The third-order valence-corrected chi connectivity index (χ3v) is 4.87. The van der Waals surface area contributed by atoms with Crippen LogP contribution in [0.4, 0.5) is 0 Å². The molecule has 1 rings (SSSR count). The zero-order valence-corrected chi connectivity index (χ0v) is 15.7. The number of hydrogen-bond acceptors (Lipinski definition) is 4. The maximum absolute atomic E-state index is 10.5. The van der Waals surface area contributed by atoms with Gasteiger partial charge < -0.3 is 15.3 Å². The molecule has 25 heavy (non-hydrogen) atoms. The van der Waals surface area contributed by atoms with Crippen molar-refractivity contribution < 1.29 is 20.1 Å². The lowest BCUT2D eigenvalue weighted by molar-refractivity contribution is -0.137. The van der Waals surface area contributed by atoms with E-state index in [1.54, 1.807) is 0 Å². The fraction of sp³-hybridized carbons (Fsp3) is 0.750. The molecule has 0 spiro atoms. The van der Waals surface area contributed by atoms with Gasteiger partial charge in [-0.25, -0.2) is 0 Å². The van der Waals surface area contributed by atoms with E-state index in [0.29, 0.717) is 13.0 Å². The Morgan fingerprint density at radius 1 is 1.24 bits per heavy atom. The van der Waals surface area contributed by atoms with E-state index in [-0.39, 0.29) is 24.5 Å². The van der Waals surface area contributed by atoms with Gasteiger partial charge in [-0.2, -0.15) is 0 Å². The van der Waals surface area contributed by atoms with E-state index in [0.717, 1.165) is 38.5 Å². The van der Waals surface area contributed by atoms with Gasteiger partial charge in [-0.1, -0.05) is 50.5 Å². The molecule has 4 atom stereocenters. The molecule has 0 aromatic rings. The molecule has 0 amide bonds. The van der Waals surface area contributed by atoms with Crippen LogP contribution in [0.3, 0.4) is 0 Å². The summed E-state index contributed by atoms with van der Waals surface area (Å²) in [6.07, 6.45) is 13.7. The Labute approximate surface area is 152 Å². The number of carboxylic acid groups (broad SMARTS) is 1. The topological polar surface area (TPSA) is 81.0 Å². The first kappa shape index (κ1) is 21.9. The van der Waals surface area contributed by atoms with Gasteiger partial charge in [-0.05, 0) is 32.7 Å². The number of carboxylic acids is 1. The zero-order valence-electron chi connectivity index (χ0n) is 15.7. The summed E-state index contributed by atoms with van der Waals surface area (Å²) in [5.41, 5.74) is 0. The van der Waals surface area contributed by atoms with E-state index in [9.17, 15) is 15.0 Å². The van der Waals surface area contributed by atoms with Crippen molar-refractivity contribution in [2.24, 2.45) is 5.92 Å². The van der Waals surface area contributed by atoms with E-state index in [2.05, 4.69) is 11.8 Å². The lowest BCUT2D eigenvalue weighted by Gasteiger charge is -2.31. The maximum atomic E-state index is 10.5. The number of aliphatic carboxylic acids is 1. The van der Waals surface area contributed by atoms with Gasteiger partial charge in [-0.15, -0.1) is 0 Å². The van der Waals surface area contributed by atoms with Crippen LogP contribution in [0.1, 0.15) is 58.3 Å². The van der Waals surface area contributed by atoms with Crippen LogP contribution in [0, 0.1) is 5.92 Å². The summed E-state index contributed by atoms with van der Waals surface area (Å²) in [6, 6.07) is 0.125. The SMILES string of the molecule is CCCCCC(O)CN(C)[C@H]1C=C[C@H](O)[C@@H]1C/C=C\CCCC(=O)O. The number of unbranched alkanes of at least 4 members (excludes halogenated alkanes) is 3. The number of rotatable bonds is 13. The third-order valence-electron chi connectivity index (χ3n) is 4.87. The number of hydrogen-bond donors (Lipinski definition) is 3. The summed E-state index contributed by atoms with van der Waals surface area (Å²) < 4.78 is 0. The molecule has 0 aromatic heterocycles. The second kappa shape index (κ2) is 12.2. The highest BCUT2D eigenvalue weighted by atomic mass is 16.4. The monoisotopic (exact) mass is 353 g/mol. The fourth-order valence-corrected chi connectivity index (χ4v) is 3.39. The van der Waals surface area contributed by atoms with Crippen molar-refractivity contribution in [2.45, 2.75) is 76.5 Å². The molecule has 1 unspecified atom stereocenters. The maximum Gasteiger partial charge on any atom is 0.303 e. The molecule has 1 aliphatic rings. The van der Waals surface area contributed by atoms with Gasteiger partial charge in [0.15, 0.2) is 0 Å². The summed E-state index contributed by atoms with van der Waals surface area (Å²) in [4.78, 5) is 12.6. The first-order valence-electron chi connectivity index (χ1n) is 9.57. The minimum Gasteiger partial charge on any atom is -0.481 e. The molecule has 0 heterocycles. The first-order valence-corrected chi connectivity index (χ1v) is 9.57. The van der Waals surface area contributed by atoms with Gasteiger partial charge in [-0.3, -0.25) is 9.69 Å². The molecular weight excluding hydrogens is 318 g/mol. The normalized spacial score (nSPS) is 24.4. The highest BCUT2D eigenvalue weighted by molar-refractivity contribution is 5.66. The molecule has 0 aliphatic heterocycles. The van der Waals surface area contributed by atoms with Crippen molar-refractivity contribution in [3.63, 3.8) is 0 Å². The van der Waals surface area contributed by atoms with Gasteiger partial charge in [0.1, 0.15) is 0 Å². The molecule has 1 aliphatic carbocycles. The Balaban J connectivity index is 2.39. The number of likely N-dealkylation sites (N-methyl/N-ethyl adjacent to an activating group) is 1. The van der Waals surface area contributed by atoms with Gasteiger partial charge >= 0.3 is 5.97 Å². The molecule has 0 bridgehead atoms. The van der Waals surface area contributed by atoms with Crippen LogP contribution in [0.15, 0.2) is 24.3 Å². The Kier molecular flexibility index (Phi) is 10.7. The van der Waals surface area contributed by atoms with Crippen LogP contribution in [-0.4, -0.2) is 58.0 Å². The predicted octanol–water partition coefficient (Wildman–Crippen LogP) is 2.98. The number of aliphatic hydroxyl groups excluding tert-OH is 2. The molecule has 0 saturated heterocycles. The zero-order chi connectivity index (χ0) is 18.7. The molecule has 0 fully saturated rings. The fourth-order valence-electron chi connectivity index (χ4n) is 3.39. The van der Waals surface area contributed by atoms with Crippen LogP contribution in [-0.2, 0) is 4.79 Å². The Morgan fingerprint density at radius 3 is 2.68 bits per heavy atom. The van der Waals surface area contributed by atoms with Crippen molar-refractivity contribution in [3.05, 3.63) is 24.3 Å². The van der Waals surface area contributed by atoms with Crippen molar-refractivity contribution in [1.82, 2.24) is 4.90 Å². The van der Waals surface area contributed by atoms with Crippen LogP contribution in [0.2, 0.25) is 0 Å². The van der Waals surface area contributed by atoms with Gasteiger partial charge in [0.05, 0.1) is 12.2 Å². The number of allylic oxidation sites excluding steroid dienone is 2. The minimum absolute atomic E-state index is 0.0866. The van der Waals surface area contributed by atoms with Crippen molar-refractivity contribution in [3.8, 4) is 0 Å². The molecule has 0 aromatic carbocycles. The molecule has 3 N–H and O–H groups in total. The Bertz CT molecular complexity index is 435. The summed E-state index contributed by atoms with van der Waals surface area (Å²) in [6.45, 7) is 2.77. The van der Waals surface area contributed by atoms with Gasteiger partial charge in [0.25, 0.3) is 0 Å². The summed E-state index contributed by atoms with van der Waals surface area (Å²) in [5, 5.41) is 29.0. The smallest absolute Gasteiger partial charge is 0.303 e. The molecule has 5 nitrogen and oxygen atoms in total. The highest BCUT2D eigenvalue weighted by Gasteiger charge is 2.32. The van der Waals surface area contributed by atoms with Crippen molar-refractivity contribution >= 4 is 5.97 Å². The van der Waals surface area contributed by atoms with Crippen molar-refractivity contribution in [1.29, 1.82) is 0 Å². The van der Waals surface area contributed by atoms with Crippen LogP contribution >= 0.6 is 0 Å². The Hall–Kier alpha value is -1.17. The number of nitrogens with zero attached hydrogens (tertiary/aromatic N) is 1. The quantitative estimate of drug-likeness (QED) is 0.350. The molecule has 0 radical (unpaired) electrons. The van der Waals surface area contributed by atoms with E-state index >= 15 is 0 Å². The summed E-state index contributed by atoms with van der Waals surface area (Å²) >= 11 is 0. The van der Waals surface area contributed by atoms with Crippen molar-refractivity contribution in [2.75, 3.05) is 13.6 Å². The van der Waals surface area contributed by atoms with Crippen LogP contribution < -0.4 is 0 Å². The van der Waals surface area contributed by atoms with E-state index in [4.69, 9.17) is 5.11 Å². The average molecular weight is 354 g/mol. The predicted molar refractivity (Wildman–Crippen MR) is 100 cm³/mol. The highest BCUT2D eigenvalue weighted by Crippen LogP contribution is 2.27. The average Bonchev–Trinajstić information content (AvgIpc) is 2.91. The largest absolute Gasteiger partial charge is 0.481 e. The molecule has 5 heteroatoms. The Morgan fingerprint density at radius 2 is 2.00 bits per heavy atom. The summed E-state index contributed by atoms with van der Waals surface area (Å²) in [7, 11) is 2.00. The van der Waals surface area contributed by atoms with Gasteiger partial charge in [0, 0.05) is 24.9 Å². The van der Waals surface area contributed by atoms with Crippen LogP contribution in [0.25, 0.3) is 0 Å². The third kappa shape index (κ3) is 8.66. The lowest BCUT2D eigenvalue weighted by Crippen LogP contribution is -2.41. The minimum atomic E-state index is -0.761. The first-order chi connectivity index (χ1) is 12.0. The molecule has 0 saturated carbocycles. The van der Waals surface area contributed by atoms with Gasteiger partial charge in [0.2, 0.25) is 0 Å². The van der Waals surface area contributed by atoms with E-state index in [1.807, 2.05) is 31.4 Å². The van der Waals surface area contributed by atoms with Crippen LogP contribution in [0.5, 0.6) is 0 Å². The second-order valence-corrected chi connectivity index (χ2v) is 7.11. The number of carbonyl (C=O) groups is 1.